The van der Waals surface area contributed by atoms with Crippen LogP contribution in [0.2, 0.25) is 0 Å². The molecule has 0 fully saturated rings. The highest BCUT2D eigenvalue weighted by atomic mass is 15.2. The predicted octanol–water partition coefficient (Wildman–Crippen LogP) is 10.3. The zero-order chi connectivity index (χ0) is 29.9. The smallest absolute Gasteiger partial charge is 0.0452 e. The van der Waals surface area contributed by atoms with E-state index in [0.29, 0.717) is 47.6 Å². The monoisotopic (exact) mass is 588 g/mol. The third-order valence-corrected chi connectivity index (χ3v) is 11.8. The summed E-state index contributed by atoms with van der Waals surface area (Å²) in [6.07, 6.45) is 38.5. The van der Waals surface area contributed by atoms with Crippen molar-refractivity contribution in [2.24, 2.45) is 23.7 Å². The van der Waals surface area contributed by atoms with Gasteiger partial charge in [-0.25, -0.2) is 0 Å². The summed E-state index contributed by atoms with van der Waals surface area (Å²) >= 11 is 0. The van der Waals surface area contributed by atoms with Gasteiger partial charge in [0, 0.05) is 52.6 Å². The Kier molecular flexibility index (Phi) is 6.72. The predicted molar refractivity (Wildman–Crippen MR) is 188 cm³/mol. The molecule has 0 radical (unpaired) electrons. The lowest BCUT2D eigenvalue weighted by Crippen LogP contribution is -2.41. The minimum Gasteiger partial charge on any atom is -0.341 e. The van der Waals surface area contributed by atoms with E-state index in [0.717, 1.165) is 25.7 Å². The van der Waals surface area contributed by atoms with Crippen molar-refractivity contribution in [2.45, 2.75) is 69.4 Å². The van der Waals surface area contributed by atoms with Gasteiger partial charge in [0.15, 0.2) is 0 Å². The molecule has 0 N–H and O–H groups in total. The van der Waals surface area contributed by atoms with Crippen molar-refractivity contribution in [1.82, 2.24) is 0 Å². The molecule has 5 aliphatic carbocycles. The molecular weight excluding hydrogens is 544 g/mol. The lowest BCUT2D eigenvalue weighted by Gasteiger charge is -2.41. The molecule has 226 valence electrons. The Hall–Kier alpha value is -4.04. The van der Waals surface area contributed by atoms with Crippen LogP contribution >= 0.6 is 0 Å². The van der Waals surface area contributed by atoms with E-state index in [2.05, 4.69) is 144 Å². The van der Waals surface area contributed by atoms with Gasteiger partial charge in [-0.05, 0) is 97.3 Å². The quantitative estimate of drug-likeness (QED) is 0.328. The molecule has 7 aliphatic rings. The Bertz CT molecular complexity index is 1720. The molecule has 2 nitrogen and oxygen atoms in total. The Morgan fingerprint density at radius 1 is 0.644 bits per heavy atom. The molecular formula is C43H44N2. The van der Waals surface area contributed by atoms with E-state index in [9.17, 15) is 0 Å². The summed E-state index contributed by atoms with van der Waals surface area (Å²) in [6, 6.07) is 19.8. The van der Waals surface area contributed by atoms with Crippen LogP contribution in [0.25, 0.3) is 0 Å². The van der Waals surface area contributed by atoms with Crippen LogP contribution in [0, 0.1) is 23.7 Å². The van der Waals surface area contributed by atoms with E-state index >= 15 is 0 Å². The zero-order valence-corrected chi connectivity index (χ0v) is 26.4. The van der Waals surface area contributed by atoms with Gasteiger partial charge in [0.05, 0.1) is 0 Å². The number of nitrogens with zero attached hydrogens (tertiary/aromatic N) is 2. The fourth-order valence-corrected chi connectivity index (χ4v) is 9.63. The van der Waals surface area contributed by atoms with E-state index in [4.69, 9.17) is 0 Å². The standard InChI is InChI=1S/C43H44N2/c1-29-11-5-6-14-35(29)30-19-23-34(24-20-30)45-41-18-10-8-16-37(41)39-26-22-32(28-43(39)45)31-21-25-38-36-15-7-9-17-40(36)44(42(38)27-31)33-12-3-2-4-13-33/h3,5-9,11-17,19-26,29,31-32,35,38-39,42-43H,2,4,10,18,27-28H2,1H3. The molecule has 8 unspecified atom stereocenters. The van der Waals surface area contributed by atoms with Crippen LogP contribution < -0.4 is 9.80 Å². The van der Waals surface area contributed by atoms with Crippen LogP contribution in [0.3, 0.4) is 0 Å². The average molecular weight is 589 g/mol. The third kappa shape index (κ3) is 4.51. The normalized spacial score (nSPS) is 34.1. The molecule has 0 spiro atoms. The number of fused-ring (bicyclic) bond motifs is 5. The minimum atomic E-state index is 0.466. The summed E-state index contributed by atoms with van der Waals surface area (Å²) < 4.78 is 0. The number of anilines is 2. The van der Waals surface area contributed by atoms with Gasteiger partial charge in [-0.1, -0.05) is 110 Å². The van der Waals surface area contributed by atoms with Gasteiger partial charge in [-0.3, -0.25) is 0 Å². The first-order valence-electron chi connectivity index (χ1n) is 17.5. The second-order valence-electron chi connectivity index (χ2n) is 14.3. The average Bonchev–Trinajstić information content (AvgIpc) is 3.61. The van der Waals surface area contributed by atoms with Crippen molar-refractivity contribution in [1.29, 1.82) is 0 Å². The van der Waals surface area contributed by atoms with E-state index in [1.165, 1.54) is 41.0 Å². The molecule has 0 amide bonds. The van der Waals surface area contributed by atoms with E-state index in [1.807, 2.05) is 0 Å². The highest BCUT2D eigenvalue weighted by Crippen LogP contribution is 2.53. The summed E-state index contributed by atoms with van der Waals surface area (Å²) in [5, 5.41) is 0. The van der Waals surface area contributed by atoms with Crippen LogP contribution in [0.5, 0.6) is 0 Å². The van der Waals surface area contributed by atoms with Crippen molar-refractivity contribution < 1.29 is 0 Å². The van der Waals surface area contributed by atoms with Gasteiger partial charge in [-0.2, -0.15) is 0 Å². The first-order valence-corrected chi connectivity index (χ1v) is 17.5. The van der Waals surface area contributed by atoms with Crippen molar-refractivity contribution in [3.8, 4) is 0 Å². The SMILES string of the molecule is CC1C=CC=CC1c1ccc(N2C3=C(C=CCC3)C3C=CC(C4C=CC5c6ccccc6N(C6=CCCC=C6)C5C4)CC32)cc1. The van der Waals surface area contributed by atoms with Gasteiger partial charge in [0.1, 0.15) is 0 Å². The van der Waals surface area contributed by atoms with E-state index in [-0.39, 0.29) is 0 Å². The van der Waals surface area contributed by atoms with Crippen molar-refractivity contribution in [3.63, 3.8) is 0 Å². The van der Waals surface area contributed by atoms with Gasteiger partial charge in [-0.15, -0.1) is 0 Å². The lowest BCUT2D eigenvalue weighted by atomic mass is 9.71. The summed E-state index contributed by atoms with van der Waals surface area (Å²) in [5.41, 5.74) is 10.2. The third-order valence-electron chi connectivity index (χ3n) is 11.8. The van der Waals surface area contributed by atoms with E-state index in [1.54, 1.807) is 11.3 Å². The van der Waals surface area contributed by atoms with Crippen LogP contribution in [0.15, 0.2) is 144 Å². The van der Waals surface area contributed by atoms with Crippen molar-refractivity contribution in [2.75, 3.05) is 9.80 Å². The molecule has 0 saturated carbocycles. The molecule has 0 bridgehead atoms. The Morgan fingerprint density at radius 3 is 2.20 bits per heavy atom. The highest BCUT2D eigenvalue weighted by Gasteiger charge is 2.46. The Labute approximate surface area is 269 Å². The van der Waals surface area contributed by atoms with Gasteiger partial charge in [0.2, 0.25) is 0 Å². The maximum absolute atomic E-state index is 2.76. The highest BCUT2D eigenvalue weighted by molar-refractivity contribution is 5.69. The number of hydrogen-bond acceptors (Lipinski definition) is 2. The van der Waals surface area contributed by atoms with Crippen LogP contribution in [-0.2, 0) is 0 Å². The maximum Gasteiger partial charge on any atom is 0.0452 e. The first kappa shape index (κ1) is 27.3. The number of benzene rings is 2. The Morgan fingerprint density at radius 2 is 1.40 bits per heavy atom. The molecule has 2 aromatic carbocycles. The topological polar surface area (TPSA) is 6.48 Å². The number of para-hydroxylation sites is 1. The first-order chi connectivity index (χ1) is 22.2. The fraction of sp³-hybridized carbons (Fsp3) is 0.349. The van der Waals surface area contributed by atoms with Gasteiger partial charge >= 0.3 is 0 Å². The fourth-order valence-electron chi connectivity index (χ4n) is 9.63. The molecule has 2 aromatic rings. The summed E-state index contributed by atoms with van der Waals surface area (Å²) in [6.45, 7) is 2.33. The lowest BCUT2D eigenvalue weighted by molar-refractivity contribution is 0.321. The molecule has 8 atom stereocenters. The molecule has 2 heteroatoms. The summed E-state index contributed by atoms with van der Waals surface area (Å²) in [4.78, 5) is 5.45. The van der Waals surface area contributed by atoms with Crippen molar-refractivity contribution >= 4 is 11.4 Å². The Balaban J connectivity index is 1.00. The second-order valence-corrected chi connectivity index (χ2v) is 14.3. The van der Waals surface area contributed by atoms with Gasteiger partial charge in [0.25, 0.3) is 0 Å². The molecule has 0 aromatic heterocycles. The number of rotatable bonds is 4. The van der Waals surface area contributed by atoms with Crippen LogP contribution in [0.4, 0.5) is 11.4 Å². The molecule has 0 saturated heterocycles. The van der Waals surface area contributed by atoms with Gasteiger partial charge < -0.3 is 9.80 Å². The number of allylic oxidation sites excluding steroid dienone is 12. The zero-order valence-electron chi connectivity index (χ0n) is 26.4. The minimum absolute atomic E-state index is 0.466. The van der Waals surface area contributed by atoms with Crippen molar-refractivity contribution in [3.05, 3.63) is 156 Å². The van der Waals surface area contributed by atoms with Crippen LogP contribution in [-0.4, -0.2) is 12.1 Å². The second kappa shape index (κ2) is 11.1. The maximum atomic E-state index is 2.76. The van der Waals surface area contributed by atoms with Crippen LogP contribution in [0.1, 0.15) is 68.4 Å². The summed E-state index contributed by atoms with van der Waals surface area (Å²) in [7, 11) is 0. The number of hydrogen-bond donors (Lipinski definition) is 0. The molecule has 2 aliphatic heterocycles. The van der Waals surface area contributed by atoms with E-state index < -0.39 is 0 Å². The molecule has 9 rings (SSSR count). The molecule has 2 heterocycles. The largest absolute Gasteiger partial charge is 0.341 e. The molecule has 45 heavy (non-hydrogen) atoms. The summed E-state index contributed by atoms with van der Waals surface area (Å²) in [5.74, 6) is 3.08.